The zero-order valence-corrected chi connectivity index (χ0v) is 11.6. The van der Waals surface area contributed by atoms with Crippen molar-refractivity contribution in [1.82, 2.24) is 9.55 Å². The Morgan fingerprint density at radius 3 is 2.88 bits per heavy atom. The van der Waals surface area contributed by atoms with Gasteiger partial charge in [0.1, 0.15) is 0 Å². The van der Waals surface area contributed by atoms with Crippen molar-refractivity contribution in [2.45, 2.75) is 25.7 Å². The van der Waals surface area contributed by atoms with E-state index in [1.807, 2.05) is 18.5 Å². The lowest BCUT2D eigenvalue weighted by Gasteiger charge is -2.15. The maximum Gasteiger partial charge on any atom is 0.0997 e. The Morgan fingerprint density at radius 2 is 2.06 bits per heavy atom. The van der Waals surface area contributed by atoms with Gasteiger partial charge in [-0.1, -0.05) is 0 Å². The summed E-state index contributed by atoms with van der Waals surface area (Å²) in [5.74, 6) is 0. The third kappa shape index (κ3) is 1.94. The third-order valence-electron chi connectivity index (χ3n) is 3.26. The Morgan fingerprint density at radius 1 is 1.24 bits per heavy atom. The SMILES string of the molecule is Nc1ccc(-n2cnc3c2CCCC3)c(I)c1. The number of halogens is 1. The molecular formula is C13H14IN3. The van der Waals surface area contributed by atoms with Gasteiger partial charge in [-0.15, -0.1) is 0 Å². The fourth-order valence-electron chi connectivity index (χ4n) is 2.40. The van der Waals surface area contributed by atoms with Gasteiger partial charge in [0.25, 0.3) is 0 Å². The van der Waals surface area contributed by atoms with Crippen LogP contribution in [0.25, 0.3) is 5.69 Å². The molecule has 3 rings (SSSR count). The summed E-state index contributed by atoms with van der Waals surface area (Å²) < 4.78 is 3.39. The van der Waals surface area contributed by atoms with Crippen molar-refractivity contribution in [3.8, 4) is 5.69 Å². The van der Waals surface area contributed by atoms with Crippen LogP contribution in [0.5, 0.6) is 0 Å². The van der Waals surface area contributed by atoms with Crippen molar-refractivity contribution in [3.63, 3.8) is 0 Å². The van der Waals surface area contributed by atoms with Gasteiger partial charge in [0.05, 0.1) is 17.7 Å². The molecule has 4 heteroatoms. The molecule has 1 heterocycles. The Labute approximate surface area is 114 Å². The number of aryl methyl sites for hydroxylation is 1. The highest BCUT2D eigenvalue weighted by Gasteiger charge is 2.16. The Balaban J connectivity index is 2.12. The van der Waals surface area contributed by atoms with Crippen LogP contribution in [0.1, 0.15) is 24.2 Å². The van der Waals surface area contributed by atoms with Crippen LogP contribution in [0, 0.1) is 3.57 Å². The van der Waals surface area contributed by atoms with Gasteiger partial charge in [0.15, 0.2) is 0 Å². The Hall–Kier alpha value is -1.04. The molecule has 0 radical (unpaired) electrons. The van der Waals surface area contributed by atoms with E-state index in [4.69, 9.17) is 5.73 Å². The molecule has 0 unspecified atom stereocenters. The van der Waals surface area contributed by atoms with Gasteiger partial charge in [-0.05, 0) is 66.5 Å². The second-order valence-corrected chi connectivity index (χ2v) is 5.59. The van der Waals surface area contributed by atoms with E-state index in [1.165, 1.54) is 33.5 Å². The molecule has 88 valence electrons. The highest BCUT2D eigenvalue weighted by atomic mass is 127. The number of aromatic nitrogens is 2. The normalized spacial score (nSPS) is 14.6. The molecule has 1 aromatic heterocycles. The summed E-state index contributed by atoms with van der Waals surface area (Å²) in [7, 11) is 0. The highest BCUT2D eigenvalue weighted by Crippen LogP contribution is 2.26. The fourth-order valence-corrected chi connectivity index (χ4v) is 3.19. The number of benzene rings is 1. The molecule has 17 heavy (non-hydrogen) atoms. The van der Waals surface area contributed by atoms with Crippen LogP contribution in [-0.2, 0) is 12.8 Å². The van der Waals surface area contributed by atoms with E-state index in [0.29, 0.717) is 0 Å². The molecule has 0 atom stereocenters. The summed E-state index contributed by atoms with van der Waals surface area (Å²) in [6.45, 7) is 0. The van der Waals surface area contributed by atoms with E-state index in [2.05, 4.69) is 38.2 Å². The average molecular weight is 339 g/mol. The quantitative estimate of drug-likeness (QED) is 0.641. The van der Waals surface area contributed by atoms with Crippen LogP contribution in [0.4, 0.5) is 5.69 Å². The lowest BCUT2D eigenvalue weighted by molar-refractivity contribution is 0.655. The van der Waals surface area contributed by atoms with Crippen molar-refractivity contribution < 1.29 is 0 Å². The molecule has 0 fully saturated rings. The highest BCUT2D eigenvalue weighted by molar-refractivity contribution is 14.1. The first-order chi connectivity index (χ1) is 8.25. The maximum atomic E-state index is 5.79. The first-order valence-electron chi connectivity index (χ1n) is 5.86. The number of fused-ring (bicyclic) bond motifs is 1. The Kier molecular flexibility index (Phi) is 2.82. The zero-order chi connectivity index (χ0) is 11.8. The van der Waals surface area contributed by atoms with Gasteiger partial charge in [0, 0.05) is 15.0 Å². The Bertz CT molecular complexity index is 560. The summed E-state index contributed by atoms with van der Waals surface area (Å²) in [5, 5.41) is 0. The number of anilines is 1. The van der Waals surface area contributed by atoms with Gasteiger partial charge in [0.2, 0.25) is 0 Å². The maximum absolute atomic E-state index is 5.79. The van der Waals surface area contributed by atoms with Crippen molar-refractivity contribution in [1.29, 1.82) is 0 Å². The monoisotopic (exact) mass is 339 g/mol. The number of nitrogens with zero attached hydrogens (tertiary/aromatic N) is 2. The number of nitrogens with two attached hydrogens (primary N) is 1. The molecule has 0 aliphatic heterocycles. The largest absolute Gasteiger partial charge is 0.399 e. The predicted octanol–water partition coefficient (Wildman–Crippen LogP) is 2.94. The third-order valence-corrected chi connectivity index (χ3v) is 4.13. The first-order valence-corrected chi connectivity index (χ1v) is 6.94. The smallest absolute Gasteiger partial charge is 0.0997 e. The lowest BCUT2D eigenvalue weighted by atomic mass is 10.0. The molecule has 0 amide bonds. The van der Waals surface area contributed by atoms with E-state index in [-0.39, 0.29) is 0 Å². The molecular weight excluding hydrogens is 325 g/mol. The zero-order valence-electron chi connectivity index (χ0n) is 9.49. The first kappa shape index (κ1) is 11.1. The van der Waals surface area contributed by atoms with E-state index < -0.39 is 0 Å². The molecule has 3 nitrogen and oxygen atoms in total. The number of hydrogen-bond acceptors (Lipinski definition) is 2. The van der Waals surface area contributed by atoms with Crippen molar-refractivity contribution in [3.05, 3.63) is 39.5 Å². The summed E-state index contributed by atoms with van der Waals surface area (Å²) in [6, 6.07) is 6.03. The molecule has 2 aromatic rings. The number of nitrogen functional groups attached to an aromatic ring is 1. The molecule has 0 bridgehead atoms. The number of imidazole rings is 1. The van der Waals surface area contributed by atoms with Crippen molar-refractivity contribution >= 4 is 28.3 Å². The van der Waals surface area contributed by atoms with E-state index >= 15 is 0 Å². The average Bonchev–Trinajstić information content (AvgIpc) is 2.73. The van der Waals surface area contributed by atoms with Crippen LogP contribution in [0.15, 0.2) is 24.5 Å². The van der Waals surface area contributed by atoms with E-state index in [1.54, 1.807) is 0 Å². The summed E-state index contributed by atoms with van der Waals surface area (Å²) >= 11 is 2.33. The van der Waals surface area contributed by atoms with Crippen molar-refractivity contribution in [2.75, 3.05) is 5.73 Å². The van der Waals surface area contributed by atoms with Gasteiger partial charge >= 0.3 is 0 Å². The fraction of sp³-hybridized carbons (Fsp3) is 0.308. The number of rotatable bonds is 1. The molecule has 1 aliphatic carbocycles. The second kappa shape index (κ2) is 4.33. The van der Waals surface area contributed by atoms with Gasteiger partial charge in [-0.2, -0.15) is 0 Å². The van der Waals surface area contributed by atoms with Crippen LogP contribution in [0.2, 0.25) is 0 Å². The van der Waals surface area contributed by atoms with Gasteiger partial charge in [-0.3, -0.25) is 0 Å². The van der Waals surface area contributed by atoms with Crippen LogP contribution in [-0.4, -0.2) is 9.55 Å². The van der Waals surface area contributed by atoms with E-state index in [9.17, 15) is 0 Å². The minimum Gasteiger partial charge on any atom is -0.399 e. The molecule has 1 aromatic carbocycles. The molecule has 0 spiro atoms. The molecule has 1 aliphatic rings. The van der Waals surface area contributed by atoms with Crippen molar-refractivity contribution in [2.24, 2.45) is 0 Å². The topological polar surface area (TPSA) is 43.8 Å². The molecule has 2 N–H and O–H groups in total. The second-order valence-electron chi connectivity index (χ2n) is 4.43. The summed E-state index contributed by atoms with van der Waals surface area (Å²) in [5.41, 5.74) is 10.4. The minimum absolute atomic E-state index is 0.812. The number of hydrogen-bond donors (Lipinski definition) is 1. The lowest BCUT2D eigenvalue weighted by Crippen LogP contribution is -2.07. The van der Waals surface area contributed by atoms with Gasteiger partial charge < -0.3 is 10.3 Å². The van der Waals surface area contributed by atoms with Gasteiger partial charge in [-0.25, -0.2) is 4.98 Å². The predicted molar refractivity (Wildman–Crippen MR) is 77.3 cm³/mol. The van der Waals surface area contributed by atoms with Crippen LogP contribution >= 0.6 is 22.6 Å². The van der Waals surface area contributed by atoms with Crippen LogP contribution in [0.3, 0.4) is 0 Å². The summed E-state index contributed by atoms with van der Waals surface area (Å²) in [6.07, 6.45) is 6.74. The van der Waals surface area contributed by atoms with Crippen LogP contribution < -0.4 is 5.73 Å². The minimum atomic E-state index is 0.812. The molecule has 0 saturated carbocycles. The standard InChI is InChI=1S/C13H14IN3/c14-10-7-9(15)5-6-12(10)17-8-16-11-3-1-2-4-13(11)17/h5-8H,1-4,15H2. The molecule has 0 saturated heterocycles. The van der Waals surface area contributed by atoms with E-state index in [0.717, 1.165) is 18.5 Å². The summed E-state index contributed by atoms with van der Waals surface area (Å²) in [4.78, 5) is 4.53.